The number of rotatable bonds is 8. The highest BCUT2D eigenvalue weighted by Crippen LogP contribution is 2.52. The van der Waals surface area contributed by atoms with Gasteiger partial charge in [-0.1, -0.05) is 164 Å². The first kappa shape index (κ1) is 29.7. The zero-order valence-electron chi connectivity index (χ0n) is 27.1. The van der Waals surface area contributed by atoms with Crippen LogP contribution in [-0.4, -0.2) is 6.04 Å². The van der Waals surface area contributed by atoms with Crippen molar-refractivity contribution in [3.8, 4) is 0 Å². The van der Waals surface area contributed by atoms with Crippen LogP contribution in [0.1, 0.15) is 64.1 Å². The van der Waals surface area contributed by atoms with Gasteiger partial charge in [-0.05, 0) is 93.3 Å². The third-order valence-electron chi connectivity index (χ3n) is 9.89. The van der Waals surface area contributed by atoms with Crippen molar-refractivity contribution in [2.24, 2.45) is 0 Å². The van der Waals surface area contributed by atoms with Crippen LogP contribution < -0.4 is 4.90 Å². The summed E-state index contributed by atoms with van der Waals surface area (Å²) in [6.45, 7) is 0. The molecule has 0 aromatic heterocycles. The number of hydrogen-bond acceptors (Lipinski definition) is 1. The fraction of sp³-hybridized carbons (Fsp3) is 0.106. The fourth-order valence-electron chi connectivity index (χ4n) is 7.63. The summed E-state index contributed by atoms with van der Waals surface area (Å²) in [5.74, 6) is 0.573. The normalized spacial score (nSPS) is 16.4. The number of benzene rings is 6. The maximum absolute atomic E-state index is 2.62. The van der Waals surface area contributed by atoms with Gasteiger partial charge in [0, 0.05) is 23.3 Å². The molecule has 1 aliphatic heterocycles. The summed E-state index contributed by atoms with van der Waals surface area (Å²) < 4.78 is 0. The Bertz CT molecular complexity index is 1990. The van der Waals surface area contributed by atoms with Crippen molar-refractivity contribution < 1.29 is 0 Å². The zero-order chi connectivity index (χ0) is 32.1. The van der Waals surface area contributed by atoms with Crippen molar-refractivity contribution >= 4 is 34.7 Å². The predicted octanol–water partition coefficient (Wildman–Crippen LogP) is 12.2. The average Bonchev–Trinajstić information content (AvgIpc) is 3.75. The Balaban J connectivity index is 1.08. The number of fused-ring (bicyclic) bond motifs is 3. The van der Waals surface area contributed by atoms with Gasteiger partial charge in [0.25, 0.3) is 0 Å². The van der Waals surface area contributed by atoms with Gasteiger partial charge in [-0.2, -0.15) is 0 Å². The number of hydrogen-bond donors (Lipinski definition) is 0. The molecule has 1 fully saturated rings. The Morgan fingerprint density at radius 2 is 1.04 bits per heavy atom. The van der Waals surface area contributed by atoms with Crippen molar-refractivity contribution in [1.82, 2.24) is 0 Å². The highest BCUT2D eigenvalue weighted by atomic mass is 15.2. The molecule has 0 spiro atoms. The van der Waals surface area contributed by atoms with Crippen molar-refractivity contribution in [3.63, 3.8) is 0 Å². The summed E-state index contributed by atoms with van der Waals surface area (Å²) in [5, 5.41) is 0. The van der Waals surface area contributed by atoms with Crippen LogP contribution in [0.3, 0.4) is 0 Å². The van der Waals surface area contributed by atoms with Gasteiger partial charge in [-0.25, -0.2) is 0 Å². The molecule has 1 heterocycles. The van der Waals surface area contributed by atoms with Crippen LogP contribution >= 0.6 is 0 Å². The molecule has 1 aliphatic carbocycles. The molecule has 0 saturated heterocycles. The van der Waals surface area contributed by atoms with E-state index in [0.717, 1.165) is 0 Å². The van der Waals surface area contributed by atoms with E-state index >= 15 is 0 Å². The van der Waals surface area contributed by atoms with Crippen LogP contribution in [-0.2, 0) is 0 Å². The van der Waals surface area contributed by atoms with Gasteiger partial charge in [0.15, 0.2) is 0 Å². The van der Waals surface area contributed by atoms with Crippen LogP contribution in [0.5, 0.6) is 0 Å². The van der Waals surface area contributed by atoms with E-state index in [-0.39, 0.29) is 0 Å². The summed E-state index contributed by atoms with van der Waals surface area (Å²) in [5.41, 5.74) is 14.0. The Kier molecular flexibility index (Phi) is 8.42. The van der Waals surface area contributed by atoms with E-state index in [1.54, 1.807) is 0 Å². The topological polar surface area (TPSA) is 3.24 Å². The Morgan fingerprint density at radius 3 is 1.60 bits per heavy atom. The van der Waals surface area contributed by atoms with Crippen LogP contribution in [0.25, 0.3) is 23.3 Å². The third kappa shape index (κ3) is 6.08. The minimum absolute atomic E-state index is 0.519. The van der Waals surface area contributed by atoms with Gasteiger partial charge in [0.1, 0.15) is 0 Å². The molecule has 0 radical (unpaired) electrons. The van der Waals surface area contributed by atoms with E-state index in [2.05, 4.69) is 193 Å². The van der Waals surface area contributed by atoms with E-state index in [1.807, 2.05) is 0 Å². The van der Waals surface area contributed by atoms with Crippen molar-refractivity contribution in [1.29, 1.82) is 0 Å². The molecule has 0 amide bonds. The number of allylic oxidation sites excluding steroid dienone is 2. The molecule has 1 nitrogen and oxygen atoms in total. The molecule has 8 rings (SSSR count). The molecule has 2 atom stereocenters. The third-order valence-corrected chi connectivity index (χ3v) is 9.89. The first-order valence-electron chi connectivity index (χ1n) is 17.2. The minimum Gasteiger partial charge on any atom is -0.338 e. The molecule has 48 heavy (non-hydrogen) atoms. The van der Waals surface area contributed by atoms with Crippen LogP contribution in [0, 0.1) is 0 Å². The second kappa shape index (κ2) is 13.6. The lowest BCUT2D eigenvalue weighted by atomic mass is 9.93. The lowest BCUT2D eigenvalue weighted by Gasteiger charge is -2.27. The van der Waals surface area contributed by atoms with Gasteiger partial charge < -0.3 is 4.90 Å². The molecule has 1 saturated carbocycles. The Labute approximate surface area is 284 Å². The lowest BCUT2D eigenvalue weighted by Crippen LogP contribution is -2.26. The van der Waals surface area contributed by atoms with Crippen molar-refractivity contribution in [3.05, 3.63) is 215 Å². The second-order valence-corrected chi connectivity index (χ2v) is 12.8. The summed E-state index contributed by atoms with van der Waals surface area (Å²) >= 11 is 0. The van der Waals surface area contributed by atoms with Gasteiger partial charge in [-0.15, -0.1) is 0 Å². The maximum Gasteiger partial charge on any atom is 0.0450 e. The van der Waals surface area contributed by atoms with Gasteiger partial charge in [0.05, 0.1) is 0 Å². The number of nitrogens with zero attached hydrogens (tertiary/aromatic N) is 1. The standard InChI is InChI=1S/C47H39N/c1-5-16-37(17-6-1)42(38-18-7-2-8-19-38)24-13-15-35-27-30-41(31-28-35)48-46-26-14-25-43(46)45-34-36(29-32-47(45)48)33-44(39-20-9-3-10-21-39)40-22-11-4-12-23-40/h1-13,15-24,27-34,43,46H,14,25-26H2. The highest BCUT2D eigenvalue weighted by Gasteiger charge is 2.42. The summed E-state index contributed by atoms with van der Waals surface area (Å²) in [6.07, 6.45) is 12.8. The summed E-state index contributed by atoms with van der Waals surface area (Å²) in [7, 11) is 0. The smallest absolute Gasteiger partial charge is 0.0450 e. The maximum atomic E-state index is 2.62. The van der Waals surface area contributed by atoms with E-state index in [9.17, 15) is 0 Å². The highest BCUT2D eigenvalue weighted by molar-refractivity contribution is 5.92. The molecule has 6 aromatic rings. The molecular formula is C47H39N. The quantitative estimate of drug-likeness (QED) is 0.121. The van der Waals surface area contributed by atoms with E-state index in [1.165, 1.54) is 80.7 Å². The van der Waals surface area contributed by atoms with E-state index in [4.69, 9.17) is 0 Å². The monoisotopic (exact) mass is 617 g/mol. The molecular weight excluding hydrogens is 579 g/mol. The second-order valence-electron chi connectivity index (χ2n) is 12.8. The molecule has 2 aliphatic rings. The van der Waals surface area contributed by atoms with E-state index in [0.29, 0.717) is 12.0 Å². The molecule has 2 unspecified atom stereocenters. The minimum atomic E-state index is 0.519. The molecule has 6 aromatic carbocycles. The van der Waals surface area contributed by atoms with Crippen LogP contribution in [0.2, 0.25) is 0 Å². The number of anilines is 2. The predicted molar refractivity (Wildman–Crippen MR) is 204 cm³/mol. The van der Waals surface area contributed by atoms with E-state index < -0.39 is 0 Å². The molecule has 1 heteroatoms. The van der Waals surface area contributed by atoms with Gasteiger partial charge >= 0.3 is 0 Å². The first-order chi connectivity index (χ1) is 23.8. The Morgan fingerprint density at radius 1 is 0.521 bits per heavy atom. The first-order valence-corrected chi connectivity index (χ1v) is 17.2. The SMILES string of the molecule is C(=Cc1ccc(N2c3ccc(C=C(c4ccccc4)c4ccccc4)cc3C3CCCC32)cc1)C=C(c1ccccc1)c1ccccc1. The summed E-state index contributed by atoms with van der Waals surface area (Å²) in [4.78, 5) is 2.62. The van der Waals surface area contributed by atoms with Crippen LogP contribution in [0.15, 0.2) is 176 Å². The molecule has 0 bridgehead atoms. The largest absolute Gasteiger partial charge is 0.338 e. The zero-order valence-corrected chi connectivity index (χ0v) is 27.1. The Hall–Kier alpha value is -5.66. The van der Waals surface area contributed by atoms with Gasteiger partial charge in [-0.3, -0.25) is 0 Å². The van der Waals surface area contributed by atoms with Gasteiger partial charge in [0.2, 0.25) is 0 Å². The van der Waals surface area contributed by atoms with Crippen molar-refractivity contribution in [2.75, 3.05) is 4.90 Å². The van der Waals surface area contributed by atoms with Crippen LogP contribution in [0.4, 0.5) is 11.4 Å². The fourth-order valence-corrected chi connectivity index (χ4v) is 7.63. The lowest BCUT2D eigenvalue weighted by molar-refractivity contribution is 0.642. The van der Waals surface area contributed by atoms with Crippen molar-refractivity contribution in [2.45, 2.75) is 31.2 Å². The molecule has 0 N–H and O–H groups in total. The molecule has 232 valence electrons. The summed E-state index contributed by atoms with van der Waals surface area (Å²) in [6, 6.07) is 59.5. The average molecular weight is 618 g/mol.